The maximum absolute atomic E-state index is 13.3. The standard InChI is InChI=1S/C20H30FN3O2/c1-16(19(25)23-18-7-5-6-17(21)14-18)22-15-20(8-3-2-4-9-20)24-10-12-26-13-11-24/h5-7,14,16,22H,2-4,8-13,15H2,1H3,(H,23,25)/t16-/m1/s1. The number of hydrogen-bond acceptors (Lipinski definition) is 4. The van der Waals surface area contributed by atoms with Crippen LogP contribution >= 0.6 is 0 Å². The summed E-state index contributed by atoms with van der Waals surface area (Å²) in [5.74, 6) is -0.486. The Bertz CT molecular complexity index is 598. The van der Waals surface area contributed by atoms with E-state index in [0.717, 1.165) is 45.7 Å². The molecule has 0 radical (unpaired) electrons. The first-order chi connectivity index (χ1) is 12.6. The largest absolute Gasteiger partial charge is 0.379 e. The van der Waals surface area contributed by atoms with E-state index in [9.17, 15) is 9.18 Å². The summed E-state index contributed by atoms with van der Waals surface area (Å²) in [5, 5.41) is 6.22. The molecule has 1 atom stereocenters. The Balaban J connectivity index is 1.58. The third-order valence-electron chi connectivity index (χ3n) is 5.69. The number of hydrogen-bond donors (Lipinski definition) is 2. The van der Waals surface area contributed by atoms with Crippen LogP contribution in [0, 0.1) is 5.82 Å². The minimum Gasteiger partial charge on any atom is -0.379 e. The summed E-state index contributed by atoms with van der Waals surface area (Å²) in [6, 6.07) is 5.66. The van der Waals surface area contributed by atoms with Crippen LogP contribution in [0.1, 0.15) is 39.0 Å². The van der Waals surface area contributed by atoms with Crippen LogP contribution in [0.25, 0.3) is 0 Å². The second-order valence-electron chi connectivity index (χ2n) is 7.49. The van der Waals surface area contributed by atoms with E-state index in [0.29, 0.717) is 5.69 Å². The Hall–Kier alpha value is -1.50. The highest BCUT2D eigenvalue weighted by Gasteiger charge is 2.38. The highest BCUT2D eigenvalue weighted by molar-refractivity contribution is 5.94. The Morgan fingerprint density at radius 3 is 2.69 bits per heavy atom. The first-order valence-electron chi connectivity index (χ1n) is 9.72. The molecule has 1 saturated heterocycles. The van der Waals surface area contributed by atoms with Gasteiger partial charge in [0.2, 0.25) is 5.91 Å². The highest BCUT2D eigenvalue weighted by Crippen LogP contribution is 2.34. The van der Waals surface area contributed by atoms with Gasteiger partial charge in [-0.3, -0.25) is 9.69 Å². The van der Waals surface area contributed by atoms with Gasteiger partial charge >= 0.3 is 0 Å². The van der Waals surface area contributed by atoms with E-state index in [1.807, 2.05) is 6.92 Å². The number of anilines is 1. The summed E-state index contributed by atoms with van der Waals surface area (Å²) in [7, 11) is 0. The normalized spacial score (nSPS) is 21.9. The lowest BCUT2D eigenvalue weighted by molar-refractivity contribution is -0.118. The number of carbonyl (C=O) groups is 1. The number of nitrogens with one attached hydrogen (secondary N) is 2. The van der Waals surface area contributed by atoms with Crippen molar-refractivity contribution in [2.45, 2.75) is 50.6 Å². The van der Waals surface area contributed by atoms with Crippen molar-refractivity contribution in [3.8, 4) is 0 Å². The molecule has 1 heterocycles. The minimum atomic E-state index is -0.350. The molecular formula is C20H30FN3O2. The fourth-order valence-corrected chi connectivity index (χ4v) is 4.10. The fraction of sp³-hybridized carbons (Fsp3) is 0.650. The zero-order valence-corrected chi connectivity index (χ0v) is 15.6. The minimum absolute atomic E-state index is 0.120. The number of benzene rings is 1. The predicted molar refractivity (Wildman–Crippen MR) is 101 cm³/mol. The van der Waals surface area contributed by atoms with Gasteiger partial charge in [0.1, 0.15) is 5.82 Å². The molecule has 2 fully saturated rings. The summed E-state index contributed by atoms with van der Waals surface area (Å²) in [6.07, 6.45) is 6.10. The Labute approximate surface area is 155 Å². The molecule has 1 aromatic carbocycles. The Morgan fingerprint density at radius 2 is 2.00 bits per heavy atom. The van der Waals surface area contributed by atoms with Gasteiger partial charge in [0.15, 0.2) is 0 Å². The van der Waals surface area contributed by atoms with E-state index < -0.39 is 0 Å². The highest BCUT2D eigenvalue weighted by atomic mass is 19.1. The first-order valence-corrected chi connectivity index (χ1v) is 9.72. The van der Waals surface area contributed by atoms with Gasteiger partial charge in [0.05, 0.1) is 19.3 Å². The second-order valence-corrected chi connectivity index (χ2v) is 7.49. The third-order valence-corrected chi connectivity index (χ3v) is 5.69. The molecule has 1 aromatic rings. The van der Waals surface area contributed by atoms with E-state index >= 15 is 0 Å². The molecule has 1 aliphatic carbocycles. The van der Waals surface area contributed by atoms with E-state index in [4.69, 9.17) is 4.74 Å². The van der Waals surface area contributed by atoms with Gasteiger partial charge in [-0.05, 0) is 38.0 Å². The molecule has 0 spiro atoms. The van der Waals surface area contributed by atoms with Crippen molar-refractivity contribution in [3.05, 3.63) is 30.1 Å². The van der Waals surface area contributed by atoms with Crippen molar-refractivity contribution < 1.29 is 13.9 Å². The summed E-state index contributed by atoms with van der Waals surface area (Å²) >= 11 is 0. The van der Waals surface area contributed by atoms with Crippen LogP contribution in [-0.2, 0) is 9.53 Å². The van der Waals surface area contributed by atoms with Crippen molar-refractivity contribution in [2.75, 3.05) is 38.2 Å². The molecule has 1 amide bonds. The van der Waals surface area contributed by atoms with Gasteiger partial charge in [-0.1, -0.05) is 25.3 Å². The van der Waals surface area contributed by atoms with Gasteiger partial charge in [-0.2, -0.15) is 0 Å². The molecule has 144 valence electrons. The summed E-state index contributed by atoms with van der Waals surface area (Å²) in [4.78, 5) is 15.0. The maximum Gasteiger partial charge on any atom is 0.241 e. The second kappa shape index (κ2) is 8.93. The van der Waals surface area contributed by atoms with Crippen molar-refractivity contribution in [2.24, 2.45) is 0 Å². The molecule has 6 heteroatoms. The number of halogens is 1. The zero-order chi connectivity index (χ0) is 18.4. The third kappa shape index (κ3) is 4.81. The maximum atomic E-state index is 13.3. The molecule has 0 bridgehead atoms. The SMILES string of the molecule is C[C@@H](NCC1(N2CCOCC2)CCCCC1)C(=O)Nc1cccc(F)c1. The van der Waals surface area contributed by atoms with E-state index in [-0.39, 0.29) is 23.3 Å². The molecule has 1 saturated carbocycles. The fourth-order valence-electron chi connectivity index (χ4n) is 4.10. The molecule has 2 aliphatic rings. The lowest BCUT2D eigenvalue weighted by Gasteiger charge is -2.48. The van der Waals surface area contributed by atoms with E-state index in [1.165, 1.54) is 31.4 Å². The summed E-state index contributed by atoms with van der Waals surface area (Å²) in [6.45, 7) is 6.17. The number of nitrogens with zero attached hydrogens (tertiary/aromatic N) is 1. The number of rotatable bonds is 6. The number of morpholine rings is 1. The average molecular weight is 363 g/mol. The van der Waals surface area contributed by atoms with Crippen molar-refractivity contribution in [3.63, 3.8) is 0 Å². The van der Waals surface area contributed by atoms with Crippen LogP contribution in [-0.4, -0.2) is 55.2 Å². The monoisotopic (exact) mass is 363 g/mol. The quantitative estimate of drug-likeness (QED) is 0.816. The van der Waals surface area contributed by atoms with E-state index in [1.54, 1.807) is 12.1 Å². The number of ether oxygens (including phenoxy) is 1. The number of carbonyl (C=O) groups excluding carboxylic acids is 1. The molecule has 2 N–H and O–H groups in total. The Kier molecular flexibility index (Phi) is 6.62. The number of amides is 1. The lowest BCUT2D eigenvalue weighted by atomic mass is 9.79. The van der Waals surface area contributed by atoms with Gasteiger partial charge in [0, 0.05) is 30.9 Å². The average Bonchev–Trinajstić information content (AvgIpc) is 2.67. The predicted octanol–water partition coefficient (Wildman–Crippen LogP) is 2.78. The molecule has 3 rings (SSSR count). The van der Waals surface area contributed by atoms with Gasteiger partial charge < -0.3 is 15.4 Å². The van der Waals surface area contributed by atoms with E-state index in [2.05, 4.69) is 15.5 Å². The van der Waals surface area contributed by atoms with Crippen LogP contribution in [0.5, 0.6) is 0 Å². The summed E-state index contributed by atoms with van der Waals surface area (Å²) in [5.41, 5.74) is 0.610. The molecular weight excluding hydrogens is 333 g/mol. The van der Waals surface area contributed by atoms with Crippen LogP contribution in [0.2, 0.25) is 0 Å². The van der Waals surface area contributed by atoms with Crippen LogP contribution < -0.4 is 10.6 Å². The Morgan fingerprint density at radius 1 is 1.27 bits per heavy atom. The van der Waals surface area contributed by atoms with Gasteiger partial charge in [-0.25, -0.2) is 4.39 Å². The van der Waals surface area contributed by atoms with Crippen molar-refractivity contribution in [1.29, 1.82) is 0 Å². The first kappa shape index (κ1) is 19.3. The zero-order valence-electron chi connectivity index (χ0n) is 15.6. The molecule has 5 nitrogen and oxygen atoms in total. The molecule has 0 unspecified atom stereocenters. The smallest absolute Gasteiger partial charge is 0.241 e. The van der Waals surface area contributed by atoms with Crippen LogP contribution in [0.3, 0.4) is 0 Å². The topological polar surface area (TPSA) is 53.6 Å². The van der Waals surface area contributed by atoms with Crippen molar-refractivity contribution >= 4 is 11.6 Å². The van der Waals surface area contributed by atoms with Crippen LogP contribution in [0.4, 0.5) is 10.1 Å². The lowest BCUT2D eigenvalue weighted by Crippen LogP contribution is -2.60. The van der Waals surface area contributed by atoms with Gasteiger partial charge in [-0.15, -0.1) is 0 Å². The summed E-state index contributed by atoms with van der Waals surface area (Å²) < 4.78 is 18.8. The molecule has 26 heavy (non-hydrogen) atoms. The molecule has 1 aliphatic heterocycles. The molecule has 0 aromatic heterocycles. The van der Waals surface area contributed by atoms with Crippen molar-refractivity contribution in [1.82, 2.24) is 10.2 Å². The van der Waals surface area contributed by atoms with Crippen LogP contribution in [0.15, 0.2) is 24.3 Å². The van der Waals surface area contributed by atoms with Gasteiger partial charge in [0.25, 0.3) is 0 Å².